The summed E-state index contributed by atoms with van der Waals surface area (Å²) in [6.07, 6.45) is 4.27. The average Bonchev–Trinajstić information content (AvgIpc) is 2.59. The Morgan fingerprint density at radius 2 is 1.68 bits per heavy atom. The van der Waals surface area contributed by atoms with Gasteiger partial charge in [0.15, 0.2) is 0 Å². The highest BCUT2D eigenvalue weighted by Crippen LogP contribution is 2.56. The van der Waals surface area contributed by atoms with Gasteiger partial charge < -0.3 is 0 Å². The van der Waals surface area contributed by atoms with Crippen molar-refractivity contribution in [2.24, 2.45) is 0 Å². The molecule has 0 atom stereocenters. The second kappa shape index (κ2) is 6.00. The zero-order valence-electron chi connectivity index (χ0n) is 13.4. The fourth-order valence-electron chi connectivity index (χ4n) is 2.68. The molecule has 0 spiro atoms. The standard InChI is InChI=1S/C16H21ClO4S/c1-6-13-8-7-11(2)14-10-16(12(3)15(14)9-13)22(4,5)21-17(18,19)20/h7-10H,6H2,1-5H3. The van der Waals surface area contributed by atoms with Crippen molar-refractivity contribution < 1.29 is 28.0 Å². The molecule has 4 nitrogen and oxygen atoms in total. The predicted molar refractivity (Wildman–Crippen MR) is 80.7 cm³/mol. The molecule has 6 heteroatoms. The largest absolute Gasteiger partial charge is 0.182 e. The molecule has 0 saturated heterocycles. The van der Waals surface area contributed by atoms with Crippen LogP contribution in [0.4, 0.5) is 0 Å². The Morgan fingerprint density at radius 1 is 1.05 bits per heavy atom. The van der Waals surface area contributed by atoms with E-state index in [1.165, 1.54) is 5.56 Å². The fourth-order valence-corrected chi connectivity index (χ4v) is 5.74. The number of rotatable bonds is 4. The Kier molecular flexibility index (Phi) is 4.78. The van der Waals surface area contributed by atoms with E-state index >= 15 is 0 Å². The molecule has 2 rings (SSSR count). The molecule has 0 aliphatic heterocycles. The number of hydrogen-bond acceptors (Lipinski definition) is 4. The smallest absolute Gasteiger partial charge is 0.125 e. The minimum absolute atomic E-state index is 0.797. The normalized spacial score (nSPS) is 13.6. The van der Waals surface area contributed by atoms with E-state index in [-0.39, 0.29) is 0 Å². The SMILES string of the molecule is CCc1ccc(C)c2cc(S(C)(C)O[Cl+3]([O-])([O-])[O-])c(C)c-2c1. The van der Waals surface area contributed by atoms with Crippen LogP contribution in [0.3, 0.4) is 0 Å². The van der Waals surface area contributed by atoms with Gasteiger partial charge in [0.2, 0.25) is 0 Å². The highest BCUT2D eigenvalue weighted by molar-refractivity contribution is 8.28. The van der Waals surface area contributed by atoms with Crippen LogP contribution in [0.15, 0.2) is 29.2 Å². The van der Waals surface area contributed by atoms with Gasteiger partial charge in [0.1, 0.15) is 3.74 Å². The average molecular weight is 345 g/mol. The van der Waals surface area contributed by atoms with Gasteiger partial charge in [-0.05, 0) is 54.2 Å². The lowest BCUT2D eigenvalue weighted by Gasteiger charge is -2.26. The summed E-state index contributed by atoms with van der Waals surface area (Å²) in [5.74, 6) is 0. The number of hydrogen-bond donors (Lipinski definition) is 0. The topological polar surface area (TPSA) is 78.4 Å². The van der Waals surface area contributed by atoms with Crippen molar-refractivity contribution in [3.05, 3.63) is 41.0 Å². The maximum atomic E-state index is 11.0. The molecule has 2 aliphatic carbocycles. The lowest BCUT2D eigenvalue weighted by atomic mass is 10.1. The molecule has 122 valence electrons. The molecule has 0 aromatic rings. The van der Waals surface area contributed by atoms with E-state index in [2.05, 4.69) is 25.1 Å². The molecule has 22 heavy (non-hydrogen) atoms. The summed E-state index contributed by atoms with van der Waals surface area (Å²) < 4.78 is 37.8. The van der Waals surface area contributed by atoms with E-state index in [0.717, 1.165) is 33.6 Å². The van der Waals surface area contributed by atoms with Crippen LogP contribution in [-0.2, 0) is 10.2 Å². The monoisotopic (exact) mass is 344 g/mol. The first kappa shape index (κ1) is 17.5. The van der Waals surface area contributed by atoms with E-state index in [1.54, 1.807) is 12.5 Å². The summed E-state index contributed by atoms with van der Waals surface area (Å²) in [5.41, 5.74) is 5.45. The Labute approximate surface area is 135 Å². The van der Waals surface area contributed by atoms with Gasteiger partial charge in [0, 0.05) is 27.7 Å². The quantitative estimate of drug-likeness (QED) is 0.835. The Balaban J connectivity index is 2.64. The highest BCUT2D eigenvalue weighted by atomic mass is 35.7. The summed E-state index contributed by atoms with van der Waals surface area (Å²) in [6.45, 7) is 6.07. The van der Waals surface area contributed by atoms with E-state index in [0.29, 0.717) is 0 Å². The van der Waals surface area contributed by atoms with E-state index in [1.807, 2.05) is 19.9 Å². The third-order valence-corrected chi connectivity index (χ3v) is 7.17. The van der Waals surface area contributed by atoms with Gasteiger partial charge >= 0.3 is 0 Å². The zero-order chi connectivity index (χ0) is 16.7. The van der Waals surface area contributed by atoms with Crippen LogP contribution >= 0.6 is 10.3 Å². The number of halogens is 1. The van der Waals surface area contributed by atoms with E-state index in [9.17, 15) is 14.0 Å². The minimum atomic E-state index is -4.45. The van der Waals surface area contributed by atoms with Crippen LogP contribution in [0.2, 0.25) is 0 Å². The molecule has 2 aliphatic rings. The second-order valence-electron chi connectivity index (χ2n) is 5.72. The molecule has 0 N–H and O–H groups in total. The zero-order valence-corrected chi connectivity index (χ0v) is 15.0. The summed E-state index contributed by atoms with van der Waals surface area (Å²) in [4.78, 5) is 0.797. The van der Waals surface area contributed by atoms with Crippen molar-refractivity contribution in [2.45, 2.75) is 32.1 Å². The van der Waals surface area contributed by atoms with Gasteiger partial charge in [-0.15, -0.1) is 0 Å². The van der Waals surface area contributed by atoms with Crippen molar-refractivity contribution in [3.8, 4) is 11.1 Å². The molecule has 0 amide bonds. The number of fused-ring (bicyclic) bond motifs is 1. The summed E-state index contributed by atoms with van der Waals surface area (Å²) in [7, 11) is -6.63. The molecule has 0 saturated carbocycles. The van der Waals surface area contributed by atoms with Crippen LogP contribution in [0, 0.1) is 24.1 Å². The Bertz CT molecular complexity index is 664. The lowest BCUT2D eigenvalue weighted by Crippen LogP contribution is -2.61. The Morgan fingerprint density at radius 3 is 2.23 bits per heavy atom. The van der Waals surface area contributed by atoms with Crippen LogP contribution in [-0.4, -0.2) is 12.5 Å². The first-order valence-electron chi connectivity index (χ1n) is 6.93. The molecule has 0 bridgehead atoms. The summed E-state index contributed by atoms with van der Waals surface area (Å²) >= 11 is 0. The minimum Gasteiger partial charge on any atom is -0.182 e. The molecule has 0 heterocycles. The summed E-state index contributed by atoms with van der Waals surface area (Å²) in [5, 5.41) is 0. The van der Waals surface area contributed by atoms with Crippen LogP contribution in [0.5, 0.6) is 0 Å². The Hall–Kier alpha value is -0.820. The van der Waals surface area contributed by atoms with Gasteiger partial charge in [0.25, 0.3) is 0 Å². The lowest BCUT2D eigenvalue weighted by molar-refractivity contribution is -1.91. The van der Waals surface area contributed by atoms with Crippen molar-refractivity contribution >= 4 is 10.3 Å². The van der Waals surface area contributed by atoms with E-state index < -0.39 is 20.6 Å². The van der Waals surface area contributed by atoms with Gasteiger partial charge in [0.05, 0.1) is 10.2 Å². The molecule has 0 radical (unpaired) electrons. The predicted octanol–water partition coefficient (Wildman–Crippen LogP) is 1.22. The van der Waals surface area contributed by atoms with Crippen molar-refractivity contribution in [1.29, 1.82) is 0 Å². The first-order chi connectivity index (χ1) is 10.0. The molecule has 0 aromatic carbocycles. The first-order valence-corrected chi connectivity index (χ1v) is 10.5. The third kappa shape index (κ3) is 3.56. The van der Waals surface area contributed by atoms with Gasteiger partial charge in [-0.1, -0.05) is 25.1 Å². The maximum Gasteiger partial charge on any atom is 0.125 e. The van der Waals surface area contributed by atoms with Crippen LogP contribution in [0.1, 0.15) is 23.6 Å². The second-order valence-corrected chi connectivity index (χ2v) is 9.89. The molecular weight excluding hydrogens is 324 g/mol. The highest BCUT2D eigenvalue weighted by Gasteiger charge is 2.37. The fraction of sp³-hybridized carbons (Fsp3) is 0.375. The maximum absolute atomic E-state index is 11.0. The van der Waals surface area contributed by atoms with E-state index in [4.69, 9.17) is 3.74 Å². The van der Waals surface area contributed by atoms with Crippen molar-refractivity contribution in [3.63, 3.8) is 0 Å². The third-order valence-electron chi connectivity index (χ3n) is 3.81. The summed E-state index contributed by atoms with van der Waals surface area (Å²) in [6, 6.07) is 8.25. The molecule has 0 aromatic heterocycles. The molecule has 0 fully saturated rings. The van der Waals surface area contributed by atoms with Gasteiger partial charge in [-0.2, -0.15) is 14.0 Å². The molecular formula is C16H21ClO4S. The molecule has 0 unspecified atom stereocenters. The van der Waals surface area contributed by atoms with Gasteiger partial charge in [-0.25, -0.2) is 0 Å². The van der Waals surface area contributed by atoms with Crippen molar-refractivity contribution in [1.82, 2.24) is 0 Å². The van der Waals surface area contributed by atoms with Gasteiger partial charge in [-0.3, -0.25) is 0 Å². The number of aryl methyl sites for hydroxylation is 2. The van der Waals surface area contributed by atoms with Crippen LogP contribution in [0.25, 0.3) is 11.1 Å². The van der Waals surface area contributed by atoms with Crippen molar-refractivity contribution in [2.75, 3.05) is 12.5 Å². The van der Waals surface area contributed by atoms with Crippen LogP contribution < -0.4 is 14.0 Å².